The Bertz CT molecular complexity index is 663. The first-order valence-electron chi connectivity index (χ1n) is 15.9. The van der Waals surface area contributed by atoms with Gasteiger partial charge in [0.2, 0.25) is 0 Å². The number of carboxylic acids is 2. The highest BCUT2D eigenvalue weighted by Crippen LogP contribution is 2.08. The molecule has 0 aliphatic rings. The molecule has 228 valence electrons. The average molecular weight is 557 g/mol. The second kappa shape index (κ2) is 36.4. The van der Waals surface area contributed by atoms with Crippen LogP contribution in [0.3, 0.4) is 0 Å². The largest absolute Gasteiger partial charge is 0.481 e. The van der Waals surface area contributed by atoms with Gasteiger partial charge in [-0.05, 0) is 51.4 Å². The molecule has 0 atom stereocenters. The fourth-order valence-electron chi connectivity index (χ4n) is 3.74. The fraction of sp³-hybridized carbons (Fsp3) is 0.611. The molecule has 0 unspecified atom stereocenters. The number of hydrogen-bond acceptors (Lipinski definition) is 2. The summed E-state index contributed by atoms with van der Waals surface area (Å²) in [6.45, 7) is 4.41. The second-order valence-corrected chi connectivity index (χ2v) is 10.2. The molecule has 0 fully saturated rings. The van der Waals surface area contributed by atoms with Gasteiger partial charge in [-0.15, -0.1) is 0 Å². The predicted octanol–water partition coefficient (Wildman–Crippen LogP) is 11.3. The molecule has 0 aliphatic carbocycles. The normalized spacial score (nSPS) is 12.1. The summed E-state index contributed by atoms with van der Waals surface area (Å²) in [7, 11) is 0. The Balaban J connectivity index is 0. The van der Waals surface area contributed by atoms with Gasteiger partial charge in [-0.2, -0.15) is 0 Å². The maximum atomic E-state index is 10.3. The van der Waals surface area contributed by atoms with Gasteiger partial charge in [0.1, 0.15) is 0 Å². The molecule has 0 rings (SSSR count). The van der Waals surface area contributed by atoms with E-state index in [2.05, 4.69) is 86.8 Å². The van der Waals surface area contributed by atoms with Crippen molar-refractivity contribution in [3.05, 3.63) is 72.9 Å². The Morgan fingerprint density at radius 1 is 0.400 bits per heavy atom. The zero-order valence-corrected chi connectivity index (χ0v) is 25.8. The molecule has 0 amide bonds. The van der Waals surface area contributed by atoms with Crippen LogP contribution in [0.1, 0.15) is 142 Å². The lowest BCUT2D eigenvalue weighted by molar-refractivity contribution is -0.138. The molecule has 0 bridgehead atoms. The molecule has 0 aliphatic heterocycles. The van der Waals surface area contributed by atoms with Crippen molar-refractivity contribution in [1.82, 2.24) is 0 Å². The van der Waals surface area contributed by atoms with E-state index < -0.39 is 11.9 Å². The standard InChI is InChI=1S/2C18H30O2/c2*1-2-3-4-5-6-7-8-9-10-11-12-13-14-15-16-17-18(19)20/h2*5-10H,2-4,11-17H2,1H3,(H,19,20). The number of carbonyl (C=O) groups is 2. The smallest absolute Gasteiger partial charge is 0.303 e. The molecule has 0 aromatic heterocycles. The molecule has 0 aromatic rings. The van der Waals surface area contributed by atoms with Gasteiger partial charge in [0, 0.05) is 12.8 Å². The number of aliphatic carboxylic acids is 2. The van der Waals surface area contributed by atoms with Crippen LogP contribution in [0.2, 0.25) is 0 Å². The lowest BCUT2D eigenvalue weighted by atomic mass is 10.1. The molecule has 2 N–H and O–H groups in total. The zero-order chi connectivity index (χ0) is 29.8. The molecule has 40 heavy (non-hydrogen) atoms. The lowest BCUT2D eigenvalue weighted by Gasteiger charge is -1.97. The molecule has 0 spiro atoms. The summed E-state index contributed by atoms with van der Waals surface area (Å²) in [4.78, 5) is 20.6. The van der Waals surface area contributed by atoms with Crippen molar-refractivity contribution in [1.29, 1.82) is 0 Å². The minimum atomic E-state index is -0.677. The molecule has 0 saturated carbocycles. The van der Waals surface area contributed by atoms with Gasteiger partial charge < -0.3 is 10.2 Å². The van der Waals surface area contributed by atoms with Crippen LogP contribution in [-0.2, 0) is 9.59 Å². The first-order valence-corrected chi connectivity index (χ1v) is 15.9. The van der Waals surface area contributed by atoms with E-state index in [9.17, 15) is 9.59 Å². The summed E-state index contributed by atoms with van der Waals surface area (Å²) in [5, 5.41) is 17.0. The van der Waals surface area contributed by atoms with Gasteiger partial charge in [-0.3, -0.25) is 9.59 Å². The third kappa shape index (κ3) is 42.5. The van der Waals surface area contributed by atoms with Crippen molar-refractivity contribution in [2.45, 2.75) is 142 Å². The van der Waals surface area contributed by atoms with Gasteiger partial charge in [0.15, 0.2) is 0 Å². The third-order valence-corrected chi connectivity index (χ3v) is 6.18. The minimum Gasteiger partial charge on any atom is -0.481 e. The van der Waals surface area contributed by atoms with Gasteiger partial charge >= 0.3 is 11.9 Å². The highest BCUT2D eigenvalue weighted by molar-refractivity contribution is 5.66. The van der Waals surface area contributed by atoms with Crippen molar-refractivity contribution >= 4 is 11.9 Å². The summed E-state index contributed by atoms with van der Waals surface area (Å²) >= 11 is 0. The summed E-state index contributed by atoms with van der Waals surface area (Å²) in [5.74, 6) is -1.35. The third-order valence-electron chi connectivity index (χ3n) is 6.18. The molecule has 4 nitrogen and oxygen atoms in total. The van der Waals surface area contributed by atoms with Crippen LogP contribution in [0.4, 0.5) is 0 Å². The van der Waals surface area contributed by atoms with Crippen LogP contribution < -0.4 is 0 Å². The zero-order valence-electron chi connectivity index (χ0n) is 25.8. The van der Waals surface area contributed by atoms with Crippen LogP contribution in [0.25, 0.3) is 0 Å². The van der Waals surface area contributed by atoms with E-state index in [1.807, 2.05) is 0 Å². The SMILES string of the molecule is CCCCC=CC=CC=CCCCCCCCC(=O)O.CCCCC=CC=CC=CCCCCCCCC(=O)O. The Labute approximate surface area is 246 Å². The molecule has 0 saturated heterocycles. The molecule has 0 heterocycles. The number of rotatable bonds is 26. The summed E-state index contributed by atoms with van der Waals surface area (Å²) in [6.07, 6.45) is 46.7. The number of allylic oxidation sites excluding steroid dienone is 12. The average Bonchev–Trinajstić information content (AvgIpc) is 2.93. The van der Waals surface area contributed by atoms with Gasteiger partial charge in [0.05, 0.1) is 0 Å². The molecule has 4 heteroatoms. The van der Waals surface area contributed by atoms with Crippen molar-refractivity contribution < 1.29 is 19.8 Å². The monoisotopic (exact) mass is 556 g/mol. The summed E-state index contributed by atoms with van der Waals surface area (Å²) < 4.78 is 0. The molecule has 0 radical (unpaired) electrons. The van der Waals surface area contributed by atoms with E-state index in [4.69, 9.17) is 10.2 Å². The van der Waals surface area contributed by atoms with E-state index in [1.54, 1.807) is 0 Å². The number of carboxylic acid groups (broad SMARTS) is 2. The number of unbranched alkanes of at least 4 members (excludes halogenated alkanes) is 14. The van der Waals surface area contributed by atoms with E-state index in [1.165, 1.54) is 64.2 Å². The second-order valence-electron chi connectivity index (χ2n) is 10.2. The van der Waals surface area contributed by atoms with Crippen LogP contribution in [0.15, 0.2) is 72.9 Å². The first-order chi connectivity index (χ1) is 19.5. The van der Waals surface area contributed by atoms with Crippen LogP contribution in [-0.4, -0.2) is 22.2 Å². The van der Waals surface area contributed by atoms with Crippen molar-refractivity contribution in [2.75, 3.05) is 0 Å². The van der Waals surface area contributed by atoms with Crippen molar-refractivity contribution in [2.24, 2.45) is 0 Å². The van der Waals surface area contributed by atoms with E-state index in [-0.39, 0.29) is 0 Å². The summed E-state index contributed by atoms with van der Waals surface area (Å²) in [6, 6.07) is 0. The van der Waals surface area contributed by atoms with Gasteiger partial charge in [-0.25, -0.2) is 0 Å². The first kappa shape index (κ1) is 39.5. The Kier molecular flexibility index (Phi) is 35.9. The summed E-state index contributed by atoms with van der Waals surface area (Å²) in [5.41, 5.74) is 0. The number of hydrogen-bond donors (Lipinski definition) is 2. The van der Waals surface area contributed by atoms with Crippen LogP contribution in [0.5, 0.6) is 0 Å². The maximum absolute atomic E-state index is 10.3. The van der Waals surface area contributed by atoms with Crippen LogP contribution >= 0.6 is 0 Å². The Hall–Kier alpha value is -2.62. The molecule has 0 aromatic carbocycles. The Morgan fingerprint density at radius 2 is 0.675 bits per heavy atom. The highest BCUT2D eigenvalue weighted by Gasteiger charge is 1.96. The quantitative estimate of drug-likeness (QED) is 0.0820. The molecular formula is C36H60O4. The van der Waals surface area contributed by atoms with Crippen LogP contribution in [0, 0.1) is 0 Å². The topological polar surface area (TPSA) is 74.6 Å². The van der Waals surface area contributed by atoms with E-state index in [0.29, 0.717) is 12.8 Å². The van der Waals surface area contributed by atoms with Crippen molar-refractivity contribution in [3.63, 3.8) is 0 Å². The van der Waals surface area contributed by atoms with E-state index >= 15 is 0 Å². The molecular weight excluding hydrogens is 496 g/mol. The maximum Gasteiger partial charge on any atom is 0.303 e. The fourth-order valence-corrected chi connectivity index (χ4v) is 3.74. The lowest BCUT2D eigenvalue weighted by Crippen LogP contribution is -1.93. The van der Waals surface area contributed by atoms with E-state index in [0.717, 1.165) is 51.4 Å². The minimum absolute atomic E-state index is 0.316. The van der Waals surface area contributed by atoms with Gasteiger partial charge in [0.25, 0.3) is 0 Å². The predicted molar refractivity (Wildman–Crippen MR) is 174 cm³/mol. The Morgan fingerprint density at radius 3 is 0.975 bits per heavy atom. The highest BCUT2D eigenvalue weighted by atomic mass is 16.4. The van der Waals surface area contributed by atoms with Crippen molar-refractivity contribution in [3.8, 4) is 0 Å². The van der Waals surface area contributed by atoms with Gasteiger partial charge in [-0.1, -0.05) is 151 Å².